The van der Waals surface area contributed by atoms with Crippen LogP contribution in [0.25, 0.3) is 0 Å². The van der Waals surface area contributed by atoms with Crippen molar-refractivity contribution < 1.29 is 13.2 Å². The molecule has 0 saturated heterocycles. The van der Waals surface area contributed by atoms with Crippen LogP contribution >= 0.6 is 0 Å². The van der Waals surface area contributed by atoms with E-state index >= 15 is 0 Å². The second-order valence-corrected chi connectivity index (χ2v) is 7.77. The maximum atomic E-state index is 12.5. The number of nitrogens with one attached hydrogen (secondary N) is 2. The molecule has 8 nitrogen and oxygen atoms in total. The second-order valence-electron chi connectivity index (χ2n) is 6.08. The van der Waals surface area contributed by atoms with Crippen LogP contribution in [0.1, 0.15) is 16.1 Å². The van der Waals surface area contributed by atoms with Crippen molar-refractivity contribution in [3.8, 4) is 0 Å². The van der Waals surface area contributed by atoms with Gasteiger partial charge in [-0.1, -0.05) is 24.3 Å². The van der Waals surface area contributed by atoms with Gasteiger partial charge in [0.1, 0.15) is 5.69 Å². The fourth-order valence-electron chi connectivity index (χ4n) is 2.43. The van der Waals surface area contributed by atoms with Crippen molar-refractivity contribution in [3.05, 3.63) is 82.3 Å². The Kier molecular flexibility index (Phi) is 5.27. The smallest absolute Gasteiger partial charge is 0.276 e. The van der Waals surface area contributed by atoms with Crippen molar-refractivity contribution in [2.24, 2.45) is 7.05 Å². The fourth-order valence-corrected chi connectivity index (χ4v) is 3.57. The number of carbonyl (C=O) groups is 1. The number of anilines is 2. The van der Waals surface area contributed by atoms with Crippen molar-refractivity contribution in [2.45, 2.75) is 11.8 Å². The van der Waals surface area contributed by atoms with Crippen LogP contribution in [0, 0.1) is 6.92 Å². The first-order chi connectivity index (χ1) is 13.3. The summed E-state index contributed by atoms with van der Waals surface area (Å²) in [6.07, 6.45) is 0. The van der Waals surface area contributed by atoms with Crippen LogP contribution in [-0.2, 0) is 17.1 Å². The molecule has 0 bridgehead atoms. The van der Waals surface area contributed by atoms with Gasteiger partial charge in [-0.15, -0.1) is 0 Å². The third kappa shape index (κ3) is 4.26. The zero-order valence-electron chi connectivity index (χ0n) is 15.2. The number of aryl methyl sites for hydroxylation is 2. The molecule has 0 aliphatic carbocycles. The maximum absolute atomic E-state index is 12.5. The molecule has 0 saturated carbocycles. The Morgan fingerprint density at radius 3 is 2.43 bits per heavy atom. The number of nitrogens with zero attached hydrogens (tertiary/aromatic N) is 2. The van der Waals surface area contributed by atoms with E-state index in [9.17, 15) is 18.0 Å². The Labute approximate surface area is 161 Å². The summed E-state index contributed by atoms with van der Waals surface area (Å²) in [4.78, 5) is 23.9. The average Bonchev–Trinajstić information content (AvgIpc) is 2.67. The standard InChI is InChI=1S/C19H18N4O4S/c1-13-8-9-14(20-19(25)16-10-11-18(24)23(2)21-16)12-17(13)22-28(26,27)15-6-4-3-5-7-15/h3-12,22H,1-2H3,(H,20,25). The molecule has 0 spiro atoms. The van der Waals surface area contributed by atoms with Crippen LogP contribution in [0.5, 0.6) is 0 Å². The molecule has 3 rings (SSSR count). The lowest BCUT2D eigenvalue weighted by Gasteiger charge is -2.13. The van der Waals surface area contributed by atoms with Crippen LogP contribution in [0.4, 0.5) is 11.4 Å². The van der Waals surface area contributed by atoms with Crippen LogP contribution in [0.3, 0.4) is 0 Å². The van der Waals surface area contributed by atoms with E-state index in [1.807, 2.05) is 0 Å². The molecule has 2 aromatic carbocycles. The Morgan fingerprint density at radius 2 is 1.75 bits per heavy atom. The molecule has 9 heteroatoms. The lowest BCUT2D eigenvalue weighted by Crippen LogP contribution is -2.23. The summed E-state index contributed by atoms with van der Waals surface area (Å²) < 4.78 is 28.7. The van der Waals surface area contributed by atoms with Crippen molar-refractivity contribution in [1.29, 1.82) is 0 Å². The van der Waals surface area contributed by atoms with Crippen LogP contribution in [0.2, 0.25) is 0 Å². The average molecular weight is 398 g/mol. The van der Waals surface area contributed by atoms with E-state index in [4.69, 9.17) is 0 Å². The molecular weight excluding hydrogens is 380 g/mol. The van der Waals surface area contributed by atoms with Gasteiger partial charge in [0.15, 0.2) is 0 Å². The predicted octanol–water partition coefficient (Wildman–Crippen LogP) is 2.14. The lowest BCUT2D eigenvalue weighted by atomic mass is 10.2. The highest BCUT2D eigenvalue weighted by atomic mass is 32.2. The first kappa shape index (κ1) is 19.3. The first-order valence-electron chi connectivity index (χ1n) is 8.30. The van der Waals surface area contributed by atoms with Crippen LogP contribution < -0.4 is 15.6 Å². The van der Waals surface area contributed by atoms with Gasteiger partial charge in [-0.25, -0.2) is 13.1 Å². The van der Waals surface area contributed by atoms with Gasteiger partial charge in [0.2, 0.25) is 0 Å². The number of amides is 1. The van der Waals surface area contributed by atoms with E-state index in [0.29, 0.717) is 16.9 Å². The zero-order valence-corrected chi connectivity index (χ0v) is 16.0. The number of rotatable bonds is 5. The number of carbonyl (C=O) groups excluding carboxylic acids is 1. The van der Waals surface area contributed by atoms with Crippen LogP contribution in [0.15, 0.2) is 70.4 Å². The molecule has 0 atom stereocenters. The van der Waals surface area contributed by atoms with E-state index < -0.39 is 15.9 Å². The molecule has 144 valence electrons. The topological polar surface area (TPSA) is 110 Å². The van der Waals surface area contributed by atoms with E-state index in [-0.39, 0.29) is 16.1 Å². The minimum atomic E-state index is -3.76. The highest BCUT2D eigenvalue weighted by molar-refractivity contribution is 7.92. The van der Waals surface area contributed by atoms with Gasteiger partial charge in [-0.3, -0.25) is 14.3 Å². The third-order valence-corrected chi connectivity index (χ3v) is 5.37. The number of aromatic nitrogens is 2. The molecule has 2 N–H and O–H groups in total. The van der Waals surface area contributed by atoms with Crippen molar-refractivity contribution in [3.63, 3.8) is 0 Å². The lowest BCUT2D eigenvalue weighted by molar-refractivity contribution is 0.102. The SMILES string of the molecule is Cc1ccc(NC(=O)c2ccc(=O)n(C)n2)cc1NS(=O)(=O)c1ccccc1. The Bertz CT molecular complexity index is 1190. The molecule has 0 radical (unpaired) electrons. The van der Waals surface area contributed by atoms with E-state index in [0.717, 1.165) is 4.68 Å². The van der Waals surface area contributed by atoms with Gasteiger partial charge >= 0.3 is 0 Å². The second kappa shape index (κ2) is 7.65. The predicted molar refractivity (Wildman–Crippen MR) is 106 cm³/mol. The van der Waals surface area contributed by atoms with Gasteiger partial charge in [-0.05, 0) is 42.8 Å². The molecule has 1 heterocycles. The summed E-state index contributed by atoms with van der Waals surface area (Å²) in [5.74, 6) is -0.517. The summed E-state index contributed by atoms with van der Waals surface area (Å²) in [7, 11) is -2.31. The Hall–Kier alpha value is -3.46. The third-order valence-electron chi connectivity index (χ3n) is 3.99. The molecular formula is C19H18N4O4S. The zero-order chi connectivity index (χ0) is 20.3. The largest absolute Gasteiger partial charge is 0.321 e. The van der Waals surface area contributed by atoms with Crippen molar-refractivity contribution in [2.75, 3.05) is 10.0 Å². The van der Waals surface area contributed by atoms with Gasteiger partial charge in [0.25, 0.3) is 21.5 Å². The molecule has 0 unspecified atom stereocenters. The number of hydrogen-bond donors (Lipinski definition) is 2. The highest BCUT2D eigenvalue weighted by Crippen LogP contribution is 2.23. The Morgan fingerprint density at radius 1 is 1.04 bits per heavy atom. The minimum absolute atomic E-state index is 0.0640. The van der Waals surface area contributed by atoms with Gasteiger partial charge in [-0.2, -0.15) is 5.10 Å². The quantitative estimate of drug-likeness (QED) is 0.684. The van der Waals surface area contributed by atoms with Gasteiger partial charge in [0, 0.05) is 18.8 Å². The molecule has 0 fully saturated rings. The molecule has 1 aromatic heterocycles. The summed E-state index contributed by atoms with van der Waals surface area (Å²) in [5, 5.41) is 6.53. The van der Waals surface area contributed by atoms with Gasteiger partial charge in [0.05, 0.1) is 10.6 Å². The monoisotopic (exact) mass is 398 g/mol. The van der Waals surface area contributed by atoms with E-state index in [1.165, 1.54) is 37.4 Å². The summed E-state index contributed by atoms with van der Waals surface area (Å²) >= 11 is 0. The number of benzene rings is 2. The highest BCUT2D eigenvalue weighted by Gasteiger charge is 2.16. The normalized spacial score (nSPS) is 11.1. The molecule has 0 aliphatic rings. The van der Waals surface area contributed by atoms with Crippen molar-refractivity contribution in [1.82, 2.24) is 9.78 Å². The molecule has 1 amide bonds. The molecule has 3 aromatic rings. The van der Waals surface area contributed by atoms with Gasteiger partial charge < -0.3 is 5.32 Å². The van der Waals surface area contributed by atoms with E-state index in [1.54, 1.807) is 37.3 Å². The fraction of sp³-hybridized carbons (Fsp3) is 0.105. The van der Waals surface area contributed by atoms with E-state index in [2.05, 4.69) is 15.1 Å². The maximum Gasteiger partial charge on any atom is 0.276 e. The molecule has 0 aliphatic heterocycles. The minimum Gasteiger partial charge on any atom is -0.321 e. The summed E-state index contributed by atoms with van der Waals surface area (Å²) in [6, 6.07) is 15.4. The van der Waals surface area contributed by atoms with Crippen molar-refractivity contribution >= 4 is 27.3 Å². The first-order valence-corrected chi connectivity index (χ1v) is 9.79. The summed E-state index contributed by atoms with van der Waals surface area (Å²) in [6.45, 7) is 1.75. The summed E-state index contributed by atoms with van der Waals surface area (Å²) in [5.41, 5.74) is 1.16. The molecule has 28 heavy (non-hydrogen) atoms. The van der Waals surface area contributed by atoms with Crippen LogP contribution in [-0.4, -0.2) is 24.1 Å². The number of sulfonamides is 1. The Balaban J connectivity index is 1.84. The number of hydrogen-bond acceptors (Lipinski definition) is 5.